The fourth-order valence-electron chi connectivity index (χ4n) is 4.88. The van der Waals surface area contributed by atoms with E-state index in [0.717, 1.165) is 11.1 Å². The Morgan fingerprint density at radius 1 is 0.500 bits per heavy atom. The number of para-hydroxylation sites is 2. The molecule has 46 heavy (non-hydrogen) atoms. The smallest absolute Gasteiger partial charge is 0.210 e. The number of aromatic hydroxyl groups is 2. The van der Waals surface area contributed by atoms with Crippen LogP contribution in [0.15, 0.2) is 117 Å². The number of benzene rings is 4. The molecule has 0 radical (unpaired) electrons. The molecule has 0 spiro atoms. The van der Waals surface area contributed by atoms with Crippen molar-refractivity contribution >= 4 is 19.7 Å². The lowest BCUT2D eigenvalue weighted by Gasteiger charge is -2.08. The number of sulfone groups is 2. The Bertz CT molecular complexity index is 2080. The van der Waals surface area contributed by atoms with E-state index >= 15 is 0 Å². The van der Waals surface area contributed by atoms with Crippen molar-refractivity contribution in [1.29, 1.82) is 0 Å². The number of nitrogens with zero attached hydrogens (tertiary/aromatic N) is 2. The van der Waals surface area contributed by atoms with Gasteiger partial charge in [0, 0.05) is 11.1 Å². The highest BCUT2D eigenvalue weighted by molar-refractivity contribution is 7.92. The fraction of sp³-hybridized carbons (Fsp3) is 0.118. The highest BCUT2D eigenvalue weighted by Gasteiger charge is 2.29. The molecule has 0 bridgehead atoms. The molecule has 0 amide bonds. The Morgan fingerprint density at radius 2 is 0.826 bits per heavy atom. The van der Waals surface area contributed by atoms with Crippen molar-refractivity contribution in [1.82, 2.24) is 20.4 Å². The predicted molar refractivity (Wildman–Crippen MR) is 174 cm³/mol. The van der Waals surface area contributed by atoms with Crippen LogP contribution in [0.2, 0.25) is 0 Å². The first-order valence-electron chi connectivity index (χ1n) is 14.1. The minimum Gasteiger partial charge on any atom is -0.507 e. The Kier molecular flexibility index (Phi) is 8.86. The summed E-state index contributed by atoms with van der Waals surface area (Å²) in [4.78, 5) is 0.569. The van der Waals surface area contributed by atoms with Gasteiger partial charge >= 0.3 is 0 Å². The topological polar surface area (TPSA) is 166 Å². The second-order valence-corrected chi connectivity index (χ2v) is 14.5. The van der Waals surface area contributed by atoms with Gasteiger partial charge in [0.25, 0.3) is 0 Å². The van der Waals surface area contributed by atoms with E-state index in [9.17, 15) is 27.0 Å². The number of phenolic OH excluding ortho intramolecular Hbond substituents is 2. The number of phenols is 2. The first-order valence-corrected chi connectivity index (χ1v) is 17.1. The van der Waals surface area contributed by atoms with E-state index in [4.69, 9.17) is 0 Å². The average molecular weight is 657 g/mol. The van der Waals surface area contributed by atoms with E-state index in [1.165, 1.54) is 12.1 Å². The minimum atomic E-state index is -3.74. The van der Waals surface area contributed by atoms with Gasteiger partial charge in [0.1, 0.15) is 32.7 Å². The van der Waals surface area contributed by atoms with Gasteiger partial charge in [-0.2, -0.15) is 10.2 Å². The summed E-state index contributed by atoms with van der Waals surface area (Å²) in [6, 6.07) is 26.4. The molecule has 0 saturated carbocycles. The molecule has 0 aliphatic rings. The van der Waals surface area contributed by atoms with Gasteiger partial charge in [-0.1, -0.05) is 59.7 Å². The van der Waals surface area contributed by atoms with Crippen LogP contribution in [0.4, 0.5) is 0 Å². The lowest BCUT2D eigenvalue weighted by molar-refractivity contribution is 0.476. The third-order valence-corrected chi connectivity index (χ3v) is 11.2. The van der Waals surface area contributed by atoms with Gasteiger partial charge in [-0.3, -0.25) is 10.2 Å². The van der Waals surface area contributed by atoms with Crippen LogP contribution >= 0.6 is 0 Å². The predicted octanol–water partition coefficient (Wildman–Crippen LogP) is 6.46. The van der Waals surface area contributed by atoms with Gasteiger partial charge in [-0.15, -0.1) is 0 Å². The summed E-state index contributed by atoms with van der Waals surface area (Å²) < 4.78 is 52.0. The number of hydrogen-bond acceptors (Lipinski definition) is 8. The molecule has 6 aromatic rings. The molecule has 4 aromatic carbocycles. The maximum atomic E-state index is 13.0. The van der Waals surface area contributed by atoms with Crippen molar-refractivity contribution in [3.8, 4) is 34.0 Å². The van der Waals surface area contributed by atoms with Gasteiger partial charge in [0.15, 0.2) is 0 Å². The summed E-state index contributed by atoms with van der Waals surface area (Å²) >= 11 is 0. The molecule has 0 aliphatic carbocycles. The van der Waals surface area contributed by atoms with Crippen molar-refractivity contribution in [3.05, 3.63) is 120 Å². The van der Waals surface area contributed by atoms with Crippen molar-refractivity contribution in [2.75, 3.05) is 0 Å². The van der Waals surface area contributed by atoms with E-state index in [2.05, 4.69) is 20.4 Å². The summed E-state index contributed by atoms with van der Waals surface area (Å²) in [5, 5.41) is 33.6. The monoisotopic (exact) mass is 656 g/mol. The van der Waals surface area contributed by atoms with Gasteiger partial charge < -0.3 is 10.2 Å². The van der Waals surface area contributed by atoms with Gasteiger partial charge in [0.2, 0.25) is 19.7 Å². The summed E-state index contributed by atoms with van der Waals surface area (Å²) in [5.74, 6) is -0.0290. The minimum absolute atomic E-state index is 0.0145. The van der Waals surface area contributed by atoms with E-state index in [1.54, 1.807) is 98.8 Å². The lowest BCUT2D eigenvalue weighted by atomic mass is 10.1. The summed E-state index contributed by atoms with van der Waals surface area (Å²) in [6.45, 7) is 7.09. The molecule has 6 rings (SSSR count). The van der Waals surface area contributed by atoms with Crippen LogP contribution in [0.1, 0.15) is 22.5 Å². The van der Waals surface area contributed by atoms with Crippen LogP contribution in [0.25, 0.3) is 22.5 Å². The van der Waals surface area contributed by atoms with E-state index in [0.29, 0.717) is 22.5 Å². The van der Waals surface area contributed by atoms with Crippen molar-refractivity contribution < 1.29 is 27.0 Å². The van der Waals surface area contributed by atoms with E-state index < -0.39 is 19.7 Å². The molecule has 2 aromatic heterocycles. The highest BCUT2D eigenvalue weighted by Crippen LogP contribution is 2.37. The number of hydrogen-bond donors (Lipinski definition) is 4. The van der Waals surface area contributed by atoms with E-state index in [-0.39, 0.29) is 42.5 Å². The van der Waals surface area contributed by atoms with Gasteiger partial charge in [0.05, 0.1) is 21.2 Å². The number of rotatable bonds is 6. The highest BCUT2D eigenvalue weighted by atomic mass is 32.2. The Labute approximate surface area is 267 Å². The van der Waals surface area contributed by atoms with E-state index in [1.807, 2.05) is 13.8 Å². The molecule has 236 valence electrons. The normalized spacial score (nSPS) is 11.6. The second kappa shape index (κ2) is 12.7. The molecular weight excluding hydrogens is 625 g/mol. The molecule has 0 saturated heterocycles. The summed E-state index contributed by atoms with van der Waals surface area (Å²) in [6.07, 6.45) is 0. The molecule has 0 aliphatic heterocycles. The Balaban J connectivity index is 0.000000181. The molecular formula is C34H32N4O6S2. The number of H-pyrrole nitrogens is 2. The number of aryl methyl sites for hydroxylation is 4. The molecule has 0 fully saturated rings. The maximum absolute atomic E-state index is 13.0. The van der Waals surface area contributed by atoms with Crippen LogP contribution in [0.5, 0.6) is 11.5 Å². The molecule has 4 N–H and O–H groups in total. The van der Waals surface area contributed by atoms with Crippen molar-refractivity contribution in [3.63, 3.8) is 0 Å². The van der Waals surface area contributed by atoms with Crippen molar-refractivity contribution in [2.45, 2.75) is 47.3 Å². The van der Waals surface area contributed by atoms with Crippen molar-refractivity contribution in [2.24, 2.45) is 0 Å². The molecule has 12 heteroatoms. The molecule has 2 heterocycles. The summed E-state index contributed by atoms with van der Waals surface area (Å²) in [7, 11) is -7.49. The Hall–Kier alpha value is -5.20. The van der Waals surface area contributed by atoms with Crippen LogP contribution < -0.4 is 0 Å². The maximum Gasteiger partial charge on any atom is 0.210 e. The number of nitrogens with one attached hydrogen (secondary N) is 2. The zero-order valence-corrected chi connectivity index (χ0v) is 27.1. The summed E-state index contributed by atoms with van der Waals surface area (Å²) in [5.41, 5.74) is 4.03. The second-order valence-electron chi connectivity index (χ2n) is 10.7. The van der Waals surface area contributed by atoms with Gasteiger partial charge in [-0.25, -0.2) is 16.8 Å². The van der Waals surface area contributed by atoms with Crippen LogP contribution in [0.3, 0.4) is 0 Å². The number of aromatic nitrogens is 4. The average Bonchev–Trinajstić information content (AvgIpc) is 3.61. The standard InChI is InChI=1S/2C17H16N2O3S/c2*1-11-7-9-13(10-8-11)23(21,22)17-12(2)18-19-16(17)14-5-3-4-6-15(14)20/h2*3-10,20H,1-2H3,(H,18,19). The molecule has 0 atom stereocenters. The zero-order valence-electron chi connectivity index (χ0n) is 25.5. The fourth-order valence-corrected chi connectivity index (χ4v) is 8.06. The Morgan fingerprint density at radius 3 is 1.15 bits per heavy atom. The lowest BCUT2D eigenvalue weighted by Crippen LogP contribution is -2.04. The van der Waals surface area contributed by atoms with Gasteiger partial charge in [-0.05, 0) is 76.2 Å². The third-order valence-electron chi connectivity index (χ3n) is 7.30. The van der Waals surface area contributed by atoms with Crippen LogP contribution in [-0.4, -0.2) is 47.4 Å². The van der Waals surface area contributed by atoms with Crippen LogP contribution in [0, 0.1) is 27.7 Å². The first-order chi connectivity index (χ1) is 21.8. The quantitative estimate of drug-likeness (QED) is 0.158. The zero-order chi connectivity index (χ0) is 33.2. The molecule has 0 unspecified atom stereocenters. The number of aromatic amines is 2. The SMILES string of the molecule is Cc1ccc(S(=O)(=O)c2c(-c3ccccc3O)n[nH]c2C)cc1.Cc1ccc(S(=O)(=O)c2c(-c3ccccc3O)n[nH]c2C)cc1. The first kappa shape index (κ1) is 32.2. The molecule has 10 nitrogen and oxygen atoms in total. The van der Waals surface area contributed by atoms with Crippen LogP contribution in [-0.2, 0) is 19.7 Å². The largest absolute Gasteiger partial charge is 0.507 e. The third kappa shape index (κ3) is 6.17.